The van der Waals surface area contributed by atoms with Gasteiger partial charge in [0.15, 0.2) is 0 Å². The van der Waals surface area contributed by atoms with E-state index in [1.54, 1.807) is 0 Å². The number of hydrogen-bond donors (Lipinski definition) is 2. The lowest BCUT2D eigenvalue weighted by atomic mass is 9.49. The molecule has 0 spiro atoms. The van der Waals surface area contributed by atoms with E-state index in [0.717, 1.165) is 63.2 Å². The van der Waals surface area contributed by atoms with Crippen LogP contribution in [0.5, 0.6) is 5.75 Å². The van der Waals surface area contributed by atoms with Crippen molar-refractivity contribution in [3.63, 3.8) is 0 Å². The van der Waals surface area contributed by atoms with Gasteiger partial charge in [-0.05, 0) is 111 Å². The standard InChI is InChI=1S/C37H61NO3/c1-7-12-35(38-25-28(8-2)9-3)29-13-10-14-32(23-29)41-22-21-37(27(5)39)19-11-15-34-33(26(37)4)17-16-30-24-31(40)18-20-36(30,34)6/h10,13-14,23,26-28,30,33-35,38-39H,7-9,11-12,15-22,24-25H2,1-6H3/t26?,27?,30?,33?,34?,35-,36?,37?/m0/s1. The van der Waals surface area contributed by atoms with Crippen LogP contribution >= 0.6 is 0 Å². The highest BCUT2D eigenvalue weighted by Gasteiger charge is 2.56. The van der Waals surface area contributed by atoms with Gasteiger partial charge < -0.3 is 15.2 Å². The molecule has 4 nitrogen and oxygen atoms in total. The summed E-state index contributed by atoms with van der Waals surface area (Å²) in [5.74, 6) is 4.47. The summed E-state index contributed by atoms with van der Waals surface area (Å²) in [6, 6.07) is 9.09. The quantitative estimate of drug-likeness (QED) is 0.250. The molecule has 3 fully saturated rings. The predicted molar refractivity (Wildman–Crippen MR) is 170 cm³/mol. The first-order chi connectivity index (χ1) is 19.7. The molecule has 2 N–H and O–H groups in total. The number of rotatable bonds is 13. The lowest BCUT2D eigenvalue weighted by Gasteiger charge is -2.56. The molecule has 8 atom stereocenters. The third kappa shape index (κ3) is 7.06. The van der Waals surface area contributed by atoms with Gasteiger partial charge in [0.2, 0.25) is 0 Å². The molecule has 232 valence electrons. The fraction of sp³-hybridized carbons (Fsp3) is 0.811. The minimum absolute atomic E-state index is 0.119. The van der Waals surface area contributed by atoms with Gasteiger partial charge >= 0.3 is 0 Å². The van der Waals surface area contributed by atoms with E-state index >= 15 is 0 Å². The average Bonchev–Trinajstić information content (AvgIpc) is 3.11. The van der Waals surface area contributed by atoms with Gasteiger partial charge in [0, 0.05) is 24.3 Å². The van der Waals surface area contributed by atoms with Crippen molar-refractivity contribution in [1.82, 2.24) is 5.32 Å². The van der Waals surface area contributed by atoms with Crippen molar-refractivity contribution in [3.8, 4) is 5.75 Å². The summed E-state index contributed by atoms with van der Waals surface area (Å²) in [5, 5.41) is 15.2. The van der Waals surface area contributed by atoms with Gasteiger partial charge in [-0.25, -0.2) is 0 Å². The van der Waals surface area contributed by atoms with Gasteiger partial charge in [0.25, 0.3) is 0 Å². The molecule has 0 aromatic heterocycles. The molecule has 1 aromatic rings. The molecule has 0 saturated heterocycles. The number of nitrogens with one attached hydrogen (secondary N) is 1. The molecule has 3 aliphatic rings. The van der Waals surface area contributed by atoms with E-state index in [0.29, 0.717) is 42.1 Å². The summed E-state index contributed by atoms with van der Waals surface area (Å²) >= 11 is 0. The first-order valence-electron chi connectivity index (χ1n) is 17.3. The molecule has 3 saturated carbocycles. The van der Waals surface area contributed by atoms with Crippen molar-refractivity contribution < 1.29 is 14.6 Å². The summed E-state index contributed by atoms with van der Waals surface area (Å²) in [6.45, 7) is 15.5. The van der Waals surface area contributed by atoms with Crippen molar-refractivity contribution in [2.24, 2.45) is 40.4 Å². The van der Waals surface area contributed by atoms with Crippen LogP contribution in [0.4, 0.5) is 0 Å². The number of hydrogen-bond acceptors (Lipinski definition) is 4. The molecule has 0 amide bonds. The van der Waals surface area contributed by atoms with Gasteiger partial charge in [0.05, 0.1) is 12.7 Å². The van der Waals surface area contributed by atoms with Crippen molar-refractivity contribution in [1.29, 1.82) is 0 Å². The third-order valence-corrected chi connectivity index (χ3v) is 12.6. The highest BCUT2D eigenvalue weighted by Crippen LogP contribution is 2.62. The summed E-state index contributed by atoms with van der Waals surface area (Å²) in [4.78, 5) is 12.3. The van der Waals surface area contributed by atoms with E-state index < -0.39 is 0 Å². The second kappa shape index (κ2) is 14.4. The van der Waals surface area contributed by atoms with Gasteiger partial charge in [0.1, 0.15) is 11.5 Å². The molecule has 41 heavy (non-hydrogen) atoms. The molecule has 4 heteroatoms. The summed E-state index contributed by atoms with van der Waals surface area (Å²) in [5.41, 5.74) is 1.49. The zero-order valence-electron chi connectivity index (χ0n) is 27.2. The van der Waals surface area contributed by atoms with Gasteiger partial charge in [-0.2, -0.15) is 0 Å². The molecule has 4 rings (SSSR count). The molecular weight excluding hydrogens is 506 g/mol. The minimum atomic E-state index is -0.354. The Morgan fingerprint density at radius 2 is 1.90 bits per heavy atom. The fourth-order valence-electron chi connectivity index (χ4n) is 9.57. The number of aliphatic hydroxyl groups excluding tert-OH is 1. The number of benzene rings is 1. The second-order valence-electron chi connectivity index (χ2n) is 14.5. The zero-order valence-corrected chi connectivity index (χ0v) is 27.2. The molecule has 1 aromatic carbocycles. The zero-order chi connectivity index (χ0) is 29.6. The Balaban J connectivity index is 1.44. The largest absolute Gasteiger partial charge is 0.494 e. The normalized spacial score (nSPS) is 33.5. The first-order valence-corrected chi connectivity index (χ1v) is 17.3. The molecule has 0 heterocycles. The van der Waals surface area contributed by atoms with Gasteiger partial charge in [-0.1, -0.05) is 72.4 Å². The van der Waals surface area contributed by atoms with Gasteiger partial charge in [-0.3, -0.25) is 4.79 Å². The Kier molecular flexibility index (Phi) is 11.4. The maximum atomic E-state index is 12.3. The number of aliphatic hydroxyl groups is 1. The molecule has 3 aliphatic carbocycles. The number of fused-ring (bicyclic) bond motifs is 3. The van der Waals surface area contributed by atoms with E-state index in [1.807, 2.05) is 6.92 Å². The Labute approximate surface area is 251 Å². The van der Waals surface area contributed by atoms with E-state index in [9.17, 15) is 9.90 Å². The Hall–Kier alpha value is -1.39. The summed E-state index contributed by atoms with van der Waals surface area (Å²) in [7, 11) is 0. The molecule has 0 aliphatic heterocycles. The van der Waals surface area contributed by atoms with Crippen molar-refractivity contribution >= 4 is 5.78 Å². The highest BCUT2D eigenvalue weighted by atomic mass is 16.5. The van der Waals surface area contributed by atoms with Crippen LogP contribution in [0, 0.1) is 40.4 Å². The number of ether oxygens (including phenoxy) is 1. The smallest absolute Gasteiger partial charge is 0.133 e. The highest BCUT2D eigenvalue weighted by molar-refractivity contribution is 5.79. The topological polar surface area (TPSA) is 58.6 Å². The fourth-order valence-corrected chi connectivity index (χ4v) is 9.57. The Morgan fingerprint density at radius 1 is 1.12 bits per heavy atom. The lowest BCUT2D eigenvalue weighted by Crippen LogP contribution is -2.51. The molecule has 7 unspecified atom stereocenters. The monoisotopic (exact) mass is 567 g/mol. The van der Waals surface area contributed by atoms with E-state index in [4.69, 9.17) is 4.74 Å². The van der Waals surface area contributed by atoms with Crippen LogP contribution < -0.4 is 10.1 Å². The molecule has 0 radical (unpaired) electrons. The van der Waals surface area contributed by atoms with Crippen molar-refractivity contribution in [2.45, 2.75) is 137 Å². The van der Waals surface area contributed by atoms with Crippen LogP contribution in [-0.2, 0) is 4.79 Å². The third-order valence-electron chi connectivity index (χ3n) is 12.6. The van der Waals surface area contributed by atoms with Gasteiger partial charge in [-0.15, -0.1) is 0 Å². The van der Waals surface area contributed by atoms with Crippen LogP contribution in [0.25, 0.3) is 0 Å². The molecule has 0 bridgehead atoms. The minimum Gasteiger partial charge on any atom is -0.494 e. The van der Waals surface area contributed by atoms with Crippen LogP contribution in [0.3, 0.4) is 0 Å². The van der Waals surface area contributed by atoms with Crippen molar-refractivity contribution in [3.05, 3.63) is 29.8 Å². The maximum absolute atomic E-state index is 12.3. The SMILES string of the molecule is CCC[C@H](NCC(CC)CC)c1cccc(OCCC2(C(C)O)CCCC3C(CCC4CC(=O)CCC43C)C2C)c1. The van der Waals surface area contributed by atoms with E-state index in [-0.39, 0.29) is 16.9 Å². The van der Waals surface area contributed by atoms with Crippen LogP contribution in [-0.4, -0.2) is 30.1 Å². The van der Waals surface area contributed by atoms with Crippen molar-refractivity contribution in [2.75, 3.05) is 13.2 Å². The van der Waals surface area contributed by atoms with Crippen LogP contribution in [0.1, 0.15) is 137 Å². The number of Topliss-reactive ketones (excluding diaryl/α,β-unsaturated/α-hetero) is 1. The summed E-state index contributed by atoms with van der Waals surface area (Å²) < 4.78 is 6.49. The predicted octanol–water partition coefficient (Wildman–Crippen LogP) is 8.91. The first kappa shape index (κ1) is 32.5. The summed E-state index contributed by atoms with van der Waals surface area (Å²) in [6.07, 6.45) is 13.8. The second-order valence-corrected chi connectivity index (χ2v) is 14.5. The number of ketones is 1. The van der Waals surface area contributed by atoms with Crippen LogP contribution in [0.2, 0.25) is 0 Å². The number of carbonyl (C=O) groups is 1. The van der Waals surface area contributed by atoms with E-state index in [2.05, 4.69) is 64.2 Å². The molecular formula is C37H61NO3. The lowest BCUT2D eigenvalue weighted by molar-refractivity contribution is -0.133. The van der Waals surface area contributed by atoms with E-state index in [1.165, 1.54) is 44.1 Å². The van der Waals surface area contributed by atoms with Crippen LogP contribution in [0.15, 0.2) is 24.3 Å². The number of carbonyl (C=O) groups excluding carboxylic acids is 1. The maximum Gasteiger partial charge on any atom is 0.133 e. The average molecular weight is 568 g/mol. The Morgan fingerprint density at radius 3 is 2.61 bits per heavy atom. The Bertz CT molecular complexity index is 973.